The minimum Gasteiger partial charge on any atom is -0.497 e. The number of hydrogen-bond donors (Lipinski definition) is 3. The molecule has 2 aromatic heterocycles. The summed E-state index contributed by atoms with van der Waals surface area (Å²) in [5.41, 5.74) is 2.21. The van der Waals surface area contributed by atoms with Gasteiger partial charge in [-0.1, -0.05) is 11.3 Å². The number of thiazole rings is 1. The summed E-state index contributed by atoms with van der Waals surface area (Å²) < 4.78 is 10.6. The number of H-pyrrole nitrogens is 1. The highest BCUT2D eigenvalue weighted by molar-refractivity contribution is 7.17. The monoisotopic (exact) mass is 413 g/mol. The first-order valence-electron chi connectivity index (χ1n) is 8.96. The van der Waals surface area contributed by atoms with Crippen molar-refractivity contribution in [2.45, 2.75) is 12.8 Å². The maximum Gasteiger partial charge on any atom is 0.275 e. The van der Waals surface area contributed by atoms with Crippen LogP contribution in [0.25, 0.3) is 11.3 Å². The number of rotatable bonds is 5. The molecule has 1 aromatic carbocycles. The lowest BCUT2D eigenvalue weighted by Crippen LogP contribution is -2.21. The zero-order chi connectivity index (χ0) is 20.4. The van der Waals surface area contributed by atoms with E-state index in [1.165, 1.54) is 11.3 Å². The summed E-state index contributed by atoms with van der Waals surface area (Å²) in [6, 6.07) is 6.96. The Balaban J connectivity index is 1.55. The maximum absolute atomic E-state index is 12.6. The van der Waals surface area contributed by atoms with E-state index >= 15 is 0 Å². The van der Waals surface area contributed by atoms with Crippen LogP contribution in [0, 0.1) is 0 Å². The van der Waals surface area contributed by atoms with E-state index in [4.69, 9.17) is 9.47 Å². The van der Waals surface area contributed by atoms with Crippen LogP contribution in [0.4, 0.5) is 5.13 Å². The lowest BCUT2D eigenvalue weighted by Gasteiger charge is -2.08. The van der Waals surface area contributed by atoms with Gasteiger partial charge in [0.2, 0.25) is 0 Å². The molecule has 0 atom stereocenters. The van der Waals surface area contributed by atoms with Gasteiger partial charge in [0, 0.05) is 12.1 Å². The van der Waals surface area contributed by atoms with E-state index in [2.05, 4.69) is 25.8 Å². The normalized spacial score (nSPS) is 13.2. The van der Waals surface area contributed by atoms with Gasteiger partial charge in [-0.05, 0) is 37.1 Å². The zero-order valence-electron chi connectivity index (χ0n) is 15.9. The quantitative estimate of drug-likeness (QED) is 0.591. The summed E-state index contributed by atoms with van der Waals surface area (Å²) in [6.45, 7) is 0.633. The first kappa shape index (κ1) is 18.9. The molecule has 0 bridgehead atoms. The summed E-state index contributed by atoms with van der Waals surface area (Å²) >= 11 is 1.17. The van der Waals surface area contributed by atoms with Crippen molar-refractivity contribution in [3.05, 3.63) is 40.5 Å². The fraction of sp³-hybridized carbons (Fsp3) is 0.263. The topological polar surface area (TPSA) is 118 Å². The summed E-state index contributed by atoms with van der Waals surface area (Å²) in [7, 11) is 3.14. The lowest BCUT2D eigenvalue weighted by atomic mass is 10.1. The highest BCUT2D eigenvalue weighted by Gasteiger charge is 2.22. The number of anilines is 1. The molecule has 1 aliphatic rings. The minimum absolute atomic E-state index is 0.149. The Morgan fingerprint density at radius 2 is 2.10 bits per heavy atom. The molecule has 0 unspecified atom stereocenters. The Morgan fingerprint density at radius 3 is 2.90 bits per heavy atom. The van der Waals surface area contributed by atoms with Gasteiger partial charge >= 0.3 is 0 Å². The SMILES string of the molecule is COc1ccc(OC)c(-c2cc(C(=O)Nc3nc4c(s3)C(=O)NCCC4)[nH]n2)c1. The number of fused-ring (bicyclic) bond motifs is 1. The van der Waals surface area contributed by atoms with Gasteiger partial charge in [-0.2, -0.15) is 5.10 Å². The third kappa shape index (κ3) is 3.79. The third-order valence-electron chi connectivity index (χ3n) is 4.51. The highest BCUT2D eigenvalue weighted by Crippen LogP contribution is 2.33. The second kappa shape index (κ2) is 7.92. The Kier molecular flexibility index (Phi) is 5.17. The minimum atomic E-state index is -0.394. The van der Waals surface area contributed by atoms with Gasteiger partial charge < -0.3 is 14.8 Å². The van der Waals surface area contributed by atoms with Gasteiger partial charge in [-0.3, -0.25) is 20.0 Å². The molecule has 29 heavy (non-hydrogen) atoms. The van der Waals surface area contributed by atoms with E-state index in [9.17, 15) is 9.59 Å². The Morgan fingerprint density at radius 1 is 1.24 bits per heavy atom. The summed E-state index contributed by atoms with van der Waals surface area (Å²) in [5, 5.41) is 12.9. The van der Waals surface area contributed by atoms with Crippen LogP contribution >= 0.6 is 11.3 Å². The number of nitrogens with one attached hydrogen (secondary N) is 3. The molecule has 4 rings (SSSR count). The van der Waals surface area contributed by atoms with Crippen molar-refractivity contribution in [2.75, 3.05) is 26.1 Å². The second-order valence-electron chi connectivity index (χ2n) is 6.34. The van der Waals surface area contributed by atoms with Crippen molar-refractivity contribution in [3.8, 4) is 22.8 Å². The summed E-state index contributed by atoms with van der Waals surface area (Å²) in [6.07, 6.45) is 1.52. The fourth-order valence-electron chi connectivity index (χ4n) is 3.04. The van der Waals surface area contributed by atoms with Crippen LogP contribution in [-0.2, 0) is 6.42 Å². The van der Waals surface area contributed by atoms with Crippen LogP contribution < -0.4 is 20.1 Å². The molecular formula is C19H19N5O4S. The average Bonchev–Trinajstić information content (AvgIpc) is 3.34. The van der Waals surface area contributed by atoms with E-state index in [-0.39, 0.29) is 11.6 Å². The number of hydrogen-bond acceptors (Lipinski definition) is 7. The van der Waals surface area contributed by atoms with Crippen molar-refractivity contribution in [2.24, 2.45) is 0 Å². The molecule has 0 saturated heterocycles. The van der Waals surface area contributed by atoms with Crippen molar-refractivity contribution in [3.63, 3.8) is 0 Å². The third-order valence-corrected chi connectivity index (χ3v) is 5.52. The van der Waals surface area contributed by atoms with E-state index in [0.29, 0.717) is 51.4 Å². The van der Waals surface area contributed by atoms with E-state index in [1.54, 1.807) is 38.5 Å². The van der Waals surface area contributed by atoms with Crippen LogP contribution in [0.3, 0.4) is 0 Å². The molecule has 2 amide bonds. The summed E-state index contributed by atoms with van der Waals surface area (Å²) in [4.78, 5) is 29.6. The number of aromatic amines is 1. The number of carbonyl (C=O) groups is 2. The molecule has 10 heteroatoms. The number of amides is 2. The molecule has 3 N–H and O–H groups in total. The fourth-order valence-corrected chi connectivity index (χ4v) is 3.97. The van der Waals surface area contributed by atoms with Crippen molar-refractivity contribution in [1.82, 2.24) is 20.5 Å². The molecule has 3 heterocycles. The van der Waals surface area contributed by atoms with Crippen LogP contribution in [0.1, 0.15) is 32.3 Å². The average molecular weight is 413 g/mol. The number of aromatic nitrogens is 3. The molecule has 150 valence electrons. The van der Waals surface area contributed by atoms with E-state index in [1.807, 2.05) is 0 Å². The van der Waals surface area contributed by atoms with Crippen molar-refractivity contribution in [1.29, 1.82) is 0 Å². The van der Waals surface area contributed by atoms with Crippen LogP contribution in [0.15, 0.2) is 24.3 Å². The van der Waals surface area contributed by atoms with Crippen molar-refractivity contribution < 1.29 is 19.1 Å². The largest absolute Gasteiger partial charge is 0.497 e. The smallest absolute Gasteiger partial charge is 0.275 e. The highest BCUT2D eigenvalue weighted by atomic mass is 32.1. The maximum atomic E-state index is 12.6. The lowest BCUT2D eigenvalue weighted by molar-refractivity contribution is 0.0958. The van der Waals surface area contributed by atoms with E-state index < -0.39 is 5.91 Å². The first-order valence-corrected chi connectivity index (χ1v) is 9.77. The van der Waals surface area contributed by atoms with Gasteiger partial charge in [-0.15, -0.1) is 0 Å². The number of ether oxygens (including phenoxy) is 2. The number of methoxy groups -OCH3 is 2. The predicted molar refractivity (Wildman–Crippen MR) is 108 cm³/mol. The zero-order valence-corrected chi connectivity index (χ0v) is 16.7. The molecular weight excluding hydrogens is 394 g/mol. The molecule has 9 nitrogen and oxygen atoms in total. The van der Waals surface area contributed by atoms with Gasteiger partial charge in [0.1, 0.15) is 22.1 Å². The van der Waals surface area contributed by atoms with Gasteiger partial charge in [0.05, 0.1) is 25.6 Å². The van der Waals surface area contributed by atoms with Crippen LogP contribution in [0.2, 0.25) is 0 Å². The number of carbonyl (C=O) groups excluding carboxylic acids is 2. The number of nitrogens with zero attached hydrogens (tertiary/aromatic N) is 2. The predicted octanol–water partition coefficient (Wildman–Crippen LogP) is 2.48. The Hall–Kier alpha value is -3.40. The Bertz CT molecular complexity index is 1070. The Labute approximate surface area is 170 Å². The van der Waals surface area contributed by atoms with Gasteiger partial charge in [0.25, 0.3) is 11.8 Å². The molecule has 0 radical (unpaired) electrons. The van der Waals surface area contributed by atoms with Gasteiger partial charge in [0.15, 0.2) is 5.13 Å². The molecule has 0 aliphatic carbocycles. The number of benzene rings is 1. The molecule has 0 spiro atoms. The van der Waals surface area contributed by atoms with E-state index in [0.717, 1.165) is 6.42 Å². The first-order chi connectivity index (χ1) is 14.1. The molecule has 1 aliphatic heterocycles. The number of aryl methyl sites for hydroxylation is 1. The molecule has 0 saturated carbocycles. The van der Waals surface area contributed by atoms with Crippen LogP contribution in [0.5, 0.6) is 11.5 Å². The van der Waals surface area contributed by atoms with Gasteiger partial charge in [-0.25, -0.2) is 4.98 Å². The summed E-state index contributed by atoms with van der Waals surface area (Å²) in [5.74, 6) is 0.718. The molecule has 0 fully saturated rings. The van der Waals surface area contributed by atoms with Crippen LogP contribution in [-0.4, -0.2) is 47.8 Å². The van der Waals surface area contributed by atoms with Crippen molar-refractivity contribution >= 4 is 28.3 Å². The molecule has 3 aromatic rings. The second-order valence-corrected chi connectivity index (χ2v) is 7.34. The standard InChI is InChI=1S/C19H19N5O4S/c1-27-10-5-6-15(28-2)11(8-10)13-9-14(24-23-13)17(25)22-19-21-12-4-3-7-20-18(26)16(12)29-19/h5-6,8-9H,3-4,7H2,1-2H3,(H,20,26)(H,23,24)(H,21,22,25).